The maximum Gasteiger partial charge on any atom is 4.00 e. The van der Waals surface area contributed by atoms with Crippen molar-refractivity contribution in [3.63, 3.8) is 0 Å². The molecule has 0 aromatic heterocycles. The summed E-state index contributed by atoms with van der Waals surface area (Å²) in [5.74, 6) is 0. The third kappa shape index (κ3) is 51.2. The predicted octanol–water partition coefficient (Wildman–Crippen LogP) is -1.16. The first-order valence-electron chi connectivity index (χ1n) is 0. The molecule has 0 aliphatic heterocycles. The van der Waals surface area contributed by atoms with E-state index in [1.165, 1.54) is 0 Å². The van der Waals surface area contributed by atoms with Gasteiger partial charge in [-0.15, -0.1) is 0 Å². The second-order valence-corrected chi connectivity index (χ2v) is 0. The zero-order valence-corrected chi connectivity index (χ0v) is 23.6. The molecule has 0 amide bonds. The predicted molar refractivity (Wildman–Crippen MR) is 54.1 cm³/mol. The first-order valence-corrected chi connectivity index (χ1v) is 0. The van der Waals surface area contributed by atoms with Crippen LogP contribution in [0.4, 0.5) is 0 Å². The molecule has 0 N–H and O–H groups in total. The number of rotatable bonds is 0. The van der Waals surface area contributed by atoms with Crippen molar-refractivity contribution in [2.75, 3.05) is 0 Å². The molecule has 0 aromatic rings. The van der Waals surface area contributed by atoms with E-state index in [0.29, 0.717) is 0 Å². The van der Waals surface area contributed by atoms with E-state index >= 15 is 0 Å². The molecule has 0 aromatic carbocycles. The van der Waals surface area contributed by atoms with Gasteiger partial charge in [-0.1, -0.05) is 0 Å². The van der Waals surface area contributed by atoms with Crippen LogP contribution in [0.3, 0.4) is 0 Å². The number of hydrogen-bond acceptors (Lipinski definition) is 0. The molecule has 9 heavy (non-hydrogen) atoms. The van der Waals surface area contributed by atoms with Crippen molar-refractivity contribution in [1.82, 2.24) is 0 Å². The van der Waals surface area contributed by atoms with Crippen LogP contribution in [0.1, 0.15) is 0 Å². The van der Waals surface area contributed by atoms with Crippen molar-refractivity contribution in [2.45, 2.75) is 0 Å². The first-order chi connectivity index (χ1) is 0. The molecular formula is Ba3S5Ti. The van der Waals surface area contributed by atoms with Crippen LogP contribution in [-0.2, 0) is 89.2 Å². The molecule has 0 fully saturated rings. The first kappa shape index (κ1) is 72.3. The standard InChI is InChI=1S/3Ba.5S.Ti/q3*+2;5*-2;+4. The van der Waals surface area contributed by atoms with Crippen molar-refractivity contribution >= 4 is 214 Å². The monoisotopic (exact) mass is 622 g/mol. The molecule has 0 nitrogen and oxygen atoms in total. The van der Waals surface area contributed by atoms with Crippen LogP contribution in [-0.4, -0.2) is 147 Å². The van der Waals surface area contributed by atoms with Gasteiger partial charge in [0.05, 0.1) is 0 Å². The molecular weight excluding hydrogens is 620 g/mol. The minimum atomic E-state index is 0. The third-order valence-corrected chi connectivity index (χ3v) is 0. The maximum atomic E-state index is 0. The van der Waals surface area contributed by atoms with Crippen molar-refractivity contribution in [3.05, 3.63) is 0 Å². The molecule has 0 spiro atoms. The van der Waals surface area contributed by atoms with Crippen LogP contribution < -0.4 is 0 Å². The summed E-state index contributed by atoms with van der Waals surface area (Å²) >= 11 is 0. The Morgan fingerprint density at radius 1 is 0.333 bits per heavy atom. The van der Waals surface area contributed by atoms with Gasteiger partial charge >= 0.3 is 168 Å². The van der Waals surface area contributed by atoms with E-state index in [0.717, 1.165) is 0 Å². The molecule has 0 bridgehead atoms. The zero-order chi connectivity index (χ0) is 0. The van der Waals surface area contributed by atoms with Crippen LogP contribution in [0.25, 0.3) is 0 Å². The van der Waals surface area contributed by atoms with E-state index in [-0.39, 0.29) is 236 Å². The topological polar surface area (TPSA) is 0 Å². The minimum Gasteiger partial charge on any atom is -2.00 e. The van der Waals surface area contributed by atoms with Gasteiger partial charge in [0, 0.05) is 0 Å². The molecule has 0 radical (unpaired) electrons. The van der Waals surface area contributed by atoms with Gasteiger partial charge < -0.3 is 67.5 Å². The van der Waals surface area contributed by atoms with Crippen LogP contribution in [0.15, 0.2) is 0 Å². The average Bonchev–Trinajstić information content (AvgIpc) is 0. The van der Waals surface area contributed by atoms with E-state index in [1.54, 1.807) is 0 Å². The second kappa shape index (κ2) is 59.2. The van der Waals surface area contributed by atoms with Gasteiger partial charge in [-0.05, 0) is 0 Å². The van der Waals surface area contributed by atoms with E-state index in [1.807, 2.05) is 0 Å². The smallest absolute Gasteiger partial charge is 2.00 e. The molecule has 0 rings (SSSR count). The van der Waals surface area contributed by atoms with Gasteiger partial charge in [-0.25, -0.2) is 0 Å². The summed E-state index contributed by atoms with van der Waals surface area (Å²) in [6, 6.07) is 0. The summed E-state index contributed by atoms with van der Waals surface area (Å²) in [4.78, 5) is 0. The summed E-state index contributed by atoms with van der Waals surface area (Å²) in [5, 5.41) is 0. The molecule has 0 aliphatic rings. The summed E-state index contributed by atoms with van der Waals surface area (Å²) in [6.45, 7) is 0. The van der Waals surface area contributed by atoms with Crippen molar-refractivity contribution in [1.29, 1.82) is 0 Å². The van der Waals surface area contributed by atoms with E-state index in [9.17, 15) is 0 Å². The molecule has 0 unspecified atom stereocenters. The van der Waals surface area contributed by atoms with Crippen molar-refractivity contribution in [2.24, 2.45) is 0 Å². The van der Waals surface area contributed by atoms with Crippen LogP contribution in [0.5, 0.6) is 0 Å². The Hall–Kier alpha value is 7.18. The summed E-state index contributed by atoms with van der Waals surface area (Å²) in [5.41, 5.74) is 0. The van der Waals surface area contributed by atoms with E-state index in [2.05, 4.69) is 0 Å². The Labute approximate surface area is 228 Å². The van der Waals surface area contributed by atoms with Crippen LogP contribution in [0.2, 0.25) is 0 Å². The molecule has 0 heterocycles. The second-order valence-electron chi connectivity index (χ2n) is 0. The Bertz CT molecular complexity index is 12.2. The van der Waals surface area contributed by atoms with Crippen molar-refractivity contribution < 1.29 is 21.7 Å². The fourth-order valence-electron chi connectivity index (χ4n) is 0. The molecule has 9 heteroatoms. The Balaban J connectivity index is 0. The molecule has 0 saturated heterocycles. The van der Waals surface area contributed by atoms with Gasteiger partial charge in [-0.2, -0.15) is 0 Å². The Morgan fingerprint density at radius 2 is 0.333 bits per heavy atom. The van der Waals surface area contributed by atoms with E-state index in [4.69, 9.17) is 0 Å². The molecule has 40 valence electrons. The quantitative estimate of drug-likeness (QED) is 0.301. The average molecular weight is 620 g/mol. The van der Waals surface area contributed by atoms with Crippen molar-refractivity contribution in [3.8, 4) is 0 Å². The Kier molecular flexibility index (Phi) is 476. The van der Waals surface area contributed by atoms with Crippen LogP contribution >= 0.6 is 0 Å². The summed E-state index contributed by atoms with van der Waals surface area (Å²) in [7, 11) is 0. The summed E-state index contributed by atoms with van der Waals surface area (Å²) in [6.07, 6.45) is 0. The maximum absolute atomic E-state index is 0. The fourth-order valence-corrected chi connectivity index (χ4v) is 0. The molecule has 0 aliphatic carbocycles. The van der Waals surface area contributed by atoms with Gasteiger partial charge in [0.25, 0.3) is 0 Å². The fraction of sp³-hybridized carbons (Fsp3) is 0. The van der Waals surface area contributed by atoms with Gasteiger partial charge in [0.1, 0.15) is 0 Å². The summed E-state index contributed by atoms with van der Waals surface area (Å²) < 4.78 is 0. The number of hydrogen-bond donors (Lipinski definition) is 0. The minimum absolute atomic E-state index is 0. The van der Waals surface area contributed by atoms with E-state index < -0.39 is 0 Å². The normalized spacial score (nSPS) is 0. The largest absolute Gasteiger partial charge is 4.00 e. The van der Waals surface area contributed by atoms with Gasteiger partial charge in [0.15, 0.2) is 0 Å². The SMILES string of the molecule is [Ba+2].[Ba+2].[Ba+2].[S-2].[S-2].[S-2].[S-2].[S-2].[Ti+4]. The zero-order valence-electron chi connectivity index (χ0n) is 4.66. The van der Waals surface area contributed by atoms with Gasteiger partial charge in [-0.3, -0.25) is 0 Å². The van der Waals surface area contributed by atoms with Crippen LogP contribution in [0, 0.1) is 0 Å². The van der Waals surface area contributed by atoms with Gasteiger partial charge in [0.2, 0.25) is 0 Å². The third-order valence-electron chi connectivity index (χ3n) is 0. The molecule has 0 saturated carbocycles. The Morgan fingerprint density at radius 3 is 0.333 bits per heavy atom. The molecule has 0 atom stereocenters.